The highest BCUT2D eigenvalue weighted by atomic mass is 35.5. The first-order valence-electron chi connectivity index (χ1n) is 23.1. The number of aromatic nitrogens is 10. The second-order valence-corrected chi connectivity index (χ2v) is 17.4. The number of rotatable bonds is 14. The molecule has 0 aliphatic carbocycles. The largest absolute Gasteiger partial charge is 0.508 e. The van der Waals surface area contributed by atoms with Crippen LogP contribution in [0.15, 0.2) is 135 Å². The maximum Gasteiger partial charge on any atom is 0.226 e. The number of likely N-dealkylation sites (N-methyl/N-ethyl adjacent to an activating group) is 1. The van der Waals surface area contributed by atoms with Crippen LogP contribution in [0.5, 0.6) is 11.5 Å². The van der Waals surface area contributed by atoms with Crippen molar-refractivity contribution in [1.82, 2.24) is 59.6 Å². The molecule has 8 aromatic rings. The van der Waals surface area contributed by atoms with Crippen LogP contribution in [0.1, 0.15) is 44.8 Å². The highest BCUT2D eigenvalue weighted by Gasteiger charge is 2.24. The Morgan fingerprint density at radius 3 is 1.49 bits per heavy atom. The lowest BCUT2D eigenvalue weighted by molar-refractivity contribution is 0.261. The number of pyridine rings is 2. The van der Waals surface area contributed by atoms with Gasteiger partial charge in [0.2, 0.25) is 11.9 Å². The lowest BCUT2D eigenvalue weighted by Gasteiger charge is -2.15. The molecule has 8 heterocycles. The van der Waals surface area contributed by atoms with E-state index in [1.807, 2.05) is 118 Å². The van der Waals surface area contributed by atoms with Crippen LogP contribution in [0.4, 0.5) is 11.9 Å². The Hall–Kier alpha value is -7.76. The Labute approximate surface area is 431 Å². The van der Waals surface area contributed by atoms with E-state index in [4.69, 9.17) is 21.3 Å². The summed E-state index contributed by atoms with van der Waals surface area (Å²) >= 11 is 5.35. The van der Waals surface area contributed by atoms with Crippen LogP contribution < -0.4 is 14.5 Å². The molecule has 0 fully saturated rings. The summed E-state index contributed by atoms with van der Waals surface area (Å²) in [7, 11) is 8.09. The summed E-state index contributed by atoms with van der Waals surface area (Å²) in [5.74, 6) is 4.29. The standard InChI is InChI=1S/C27H27N7O.C23H18N6O.C4H10ClN.ClH/c1-33(2)15-16-35-24-6-4-21-18-34(19-22(21)17-24)27-30-14-10-25(32-27)26-29-13-9-23(31-26)5-3-20-7-11-28-12-8-20;30-20-4-2-17-14-29(15-18(17)13-20)23-26-12-8-21(28-23)22-25-11-7-19(27-22)3-1-16-5-9-24-10-6-16;1-6(2)4-3-5;/h3-14,17H,15-16,18-19H2,1-2H3;1-13,30H,14-15H2;3-4H2,1-2H3;1H/b5-3+;3-1+;;. The van der Waals surface area contributed by atoms with Gasteiger partial charge in [0, 0.05) is 94.7 Å². The van der Waals surface area contributed by atoms with Gasteiger partial charge in [-0.3, -0.25) is 9.97 Å². The summed E-state index contributed by atoms with van der Waals surface area (Å²) in [4.78, 5) is 53.0. The number of benzene rings is 2. The Kier molecular flexibility index (Phi) is 18.7. The van der Waals surface area contributed by atoms with Gasteiger partial charge in [-0.05, 0) is 147 Å². The van der Waals surface area contributed by atoms with Crippen LogP contribution in [-0.2, 0) is 26.2 Å². The third-order valence-corrected chi connectivity index (χ3v) is 11.3. The molecule has 0 unspecified atom stereocenters. The molecule has 0 atom stereocenters. The third kappa shape index (κ3) is 14.9. The number of hydrogen-bond acceptors (Lipinski definition) is 16. The molecule has 6 aromatic heterocycles. The molecule has 0 amide bonds. The smallest absolute Gasteiger partial charge is 0.226 e. The quantitative estimate of drug-likeness (QED) is 0.102. The first-order chi connectivity index (χ1) is 34.6. The zero-order valence-electron chi connectivity index (χ0n) is 40.6. The van der Waals surface area contributed by atoms with Crippen molar-refractivity contribution < 1.29 is 9.84 Å². The summed E-state index contributed by atoms with van der Waals surface area (Å²) < 4.78 is 5.90. The Morgan fingerprint density at radius 2 is 1.00 bits per heavy atom. The molecule has 368 valence electrons. The van der Waals surface area contributed by atoms with Gasteiger partial charge in [-0.15, -0.1) is 24.0 Å². The van der Waals surface area contributed by atoms with Gasteiger partial charge in [0.15, 0.2) is 11.6 Å². The summed E-state index contributed by atoms with van der Waals surface area (Å²) in [5, 5.41) is 9.71. The topological polar surface area (TPSA) is 171 Å². The zero-order chi connectivity index (χ0) is 49.4. The second-order valence-electron chi connectivity index (χ2n) is 17.1. The second kappa shape index (κ2) is 25.9. The number of hydrogen-bond donors (Lipinski definition) is 1. The van der Waals surface area contributed by atoms with E-state index in [2.05, 4.69) is 71.7 Å². The Bertz CT molecular complexity index is 3060. The fraction of sp³-hybridized carbons (Fsp3) is 0.222. The van der Waals surface area contributed by atoms with Crippen LogP contribution in [0.3, 0.4) is 0 Å². The normalized spacial score (nSPS) is 12.5. The molecule has 18 heteroatoms. The van der Waals surface area contributed by atoms with Crippen molar-refractivity contribution in [3.8, 4) is 34.5 Å². The maximum absolute atomic E-state index is 9.71. The molecule has 0 saturated carbocycles. The number of phenolic OH excluding ortho intramolecular Hbond substituents is 1. The van der Waals surface area contributed by atoms with Gasteiger partial charge in [0.25, 0.3) is 0 Å². The summed E-state index contributed by atoms with van der Waals surface area (Å²) in [6, 6.07) is 26.9. The van der Waals surface area contributed by atoms with Gasteiger partial charge in [0.05, 0.1) is 11.4 Å². The Morgan fingerprint density at radius 1 is 0.528 bits per heavy atom. The van der Waals surface area contributed by atoms with Crippen molar-refractivity contribution in [2.45, 2.75) is 26.2 Å². The van der Waals surface area contributed by atoms with E-state index in [-0.39, 0.29) is 18.2 Å². The number of aromatic hydroxyl groups is 1. The van der Waals surface area contributed by atoms with Gasteiger partial charge < -0.3 is 29.4 Å². The first-order valence-corrected chi connectivity index (χ1v) is 23.6. The van der Waals surface area contributed by atoms with Crippen molar-refractivity contribution >= 4 is 60.2 Å². The molecular formula is C54H56Cl2N14O2. The van der Waals surface area contributed by atoms with Gasteiger partial charge >= 0.3 is 0 Å². The average Bonchev–Trinajstić information content (AvgIpc) is 4.03. The minimum atomic E-state index is 0. The van der Waals surface area contributed by atoms with E-state index in [0.717, 1.165) is 65.9 Å². The number of alkyl halides is 1. The third-order valence-electron chi connectivity index (χ3n) is 11.1. The molecule has 2 aromatic carbocycles. The molecule has 0 radical (unpaired) electrons. The van der Waals surface area contributed by atoms with Crippen molar-refractivity contribution in [2.24, 2.45) is 0 Å². The Balaban J connectivity index is 0.000000189. The molecule has 72 heavy (non-hydrogen) atoms. The van der Waals surface area contributed by atoms with E-state index in [1.54, 1.807) is 61.7 Å². The van der Waals surface area contributed by atoms with E-state index < -0.39 is 0 Å². The maximum atomic E-state index is 9.71. The van der Waals surface area contributed by atoms with Crippen LogP contribution in [0.25, 0.3) is 47.3 Å². The molecule has 16 nitrogen and oxygen atoms in total. The molecule has 0 spiro atoms. The molecule has 2 aliphatic heterocycles. The van der Waals surface area contributed by atoms with Gasteiger partial charge in [-0.1, -0.05) is 24.3 Å². The minimum absolute atomic E-state index is 0. The monoisotopic (exact) mass is 1000 g/mol. The summed E-state index contributed by atoms with van der Waals surface area (Å²) in [6.45, 7) is 5.37. The van der Waals surface area contributed by atoms with Crippen LogP contribution >= 0.6 is 24.0 Å². The van der Waals surface area contributed by atoms with E-state index in [9.17, 15) is 5.11 Å². The minimum Gasteiger partial charge on any atom is -0.508 e. The number of nitrogens with zero attached hydrogens (tertiary/aromatic N) is 14. The van der Waals surface area contributed by atoms with E-state index >= 15 is 0 Å². The van der Waals surface area contributed by atoms with Crippen molar-refractivity contribution in [3.05, 3.63) is 179 Å². The van der Waals surface area contributed by atoms with Gasteiger partial charge in [-0.2, -0.15) is 0 Å². The van der Waals surface area contributed by atoms with E-state index in [0.29, 0.717) is 54.6 Å². The fourth-order valence-electron chi connectivity index (χ4n) is 7.38. The van der Waals surface area contributed by atoms with Gasteiger partial charge in [0.1, 0.15) is 29.5 Å². The molecule has 10 rings (SSSR count). The summed E-state index contributed by atoms with van der Waals surface area (Å²) in [6.07, 6.45) is 21.9. The first kappa shape index (κ1) is 52.1. The fourth-order valence-corrected chi connectivity index (χ4v) is 7.72. The predicted molar refractivity (Wildman–Crippen MR) is 287 cm³/mol. The number of ether oxygens (including phenoxy) is 1. The lowest BCUT2D eigenvalue weighted by atomic mass is 10.1. The zero-order valence-corrected chi connectivity index (χ0v) is 42.1. The highest BCUT2D eigenvalue weighted by molar-refractivity contribution is 6.18. The predicted octanol–water partition coefficient (Wildman–Crippen LogP) is 8.89. The van der Waals surface area contributed by atoms with Crippen molar-refractivity contribution in [1.29, 1.82) is 0 Å². The van der Waals surface area contributed by atoms with E-state index in [1.165, 1.54) is 16.7 Å². The van der Waals surface area contributed by atoms with Crippen LogP contribution in [-0.4, -0.2) is 119 Å². The lowest BCUT2D eigenvalue weighted by Crippen LogP contribution is -2.19. The SMILES string of the molecule is CN(C)CCCl.CN(C)CCOc1ccc2c(c1)CN(c1nccc(-c3nccc(/C=C/c4ccncc4)n3)n1)C2.Cl.Oc1ccc2c(c1)CN(c1nccc(-c3nccc(/C=C/c4ccncc4)n3)n1)C2. The number of fused-ring (bicyclic) bond motifs is 2. The molecule has 0 bridgehead atoms. The number of halogens is 2. The number of anilines is 2. The average molecular weight is 1000 g/mol. The molecule has 2 aliphatic rings. The van der Waals surface area contributed by atoms with Gasteiger partial charge in [-0.25, -0.2) is 39.9 Å². The van der Waals surface area contributed by atoms with Crippen molar-refractivity contribution in [2.75, 3.05) is 63.6 Å². The molecular weight excluding hydrogens is 948 g/mol. The number of phenols is 1. The van der Waals surface area contributed by atoms with Crippen LogP contribution in [0.2, 0.25) is 0 Å². The van der Waals surface area contributed by atoms with Crippen molar-refractivity contribution in [3.63, 3.8) is 0 Å². The highest BCUT2D eigenvalue weighted by Crippen LogP contribution is 2.31. The van der Waals surface area contributed by atoms with Crippen LogP contribution in [0, 0.1) is 0 Å². The summed E-state index contributed by atoms with van der Waals surface area (Å²) in [5.41, 5.74) is 9.82. The molecule has 1 N–H and O–H groups in total. The molecule has 0 saturated heterocycles.